The van der Waals surface area contributed by atoms with Gasteiger partial charge < -0.3 is 10.1 Å². The fourth-order valence-corrected chi connectivity index (χ4v) is 3.68. The van der Waals surface area contributed by atoms with E-state index in [9.17, 15) is 0 Å². The molecule has 0 aromatic carbocycles. The van der Waals surface area contributed by atoms with Gasteiger partial charge in [0.05, 0.1) is 6.10 Å². The molecule has 2 atom stereocenters. The second-order valence-corrected chi connectivity index (χ2v) is 5.82. The summed E-state index contributed by atoms with van der Waals surface area (Å²) in [4.78, 5) is 0. The topological polar surface area (TPSA) is 21.3 Å². The Balaban J connectivity index is 1.87. The van der Waals surface area contributed by atoms with Crippen molar-refractivity contribution in [3.8, 4) is 0 Å². The van der Waals surface area contributed by atoms with E-state index in [0.29, 0.717) is 12.1 Å². The maximum Gasteiger partial charge on any atom is 0.0731 e. The molecular weight excluding hydrogens is 210 g/mol. The van der Waals surface area contributed by atoms with Gasteiger partial charge in [0.1, 0.15) is 0 Å². The smallest absolute Gasteiger partial charge is 0.0731 e. The van der Waals surface area contributed by atoms with E-state index in [1.807, 2.05) is 0 Å². The zero-order chi connectivity index (χ0) is 12.1. The Bertz CT molecular complexity index is 205. The lowest BCUT2D eigenvalue weighted by atomic mass is 9.76. The van der Waals surface area contributed by atoms with Gasteiger partial charge in [0.2, 0.25) is 0 Å². The zero-order valence-corrected chi connectivity index (χ0v) is 11.6. The lowest BCUT2D eigenvalue weighted by Crippen LogP contribution is -2.46. The molecule has 2 aliphatic rings. The third-order valence-corrected chi connectivity index (χ3v) is 4.78. The normalized spacial score (nSPS) is 36.0. The van der Waals surface area contributed by atoms with E-state index >= 15 is 0 Å². The van der Waals surface area contributed by atoms with Crippen molar-refractivity contribution in [2.45, 2.75) is 70.9 Å². The monoisotopic (exact) mass is 239 g/mol. The molecule has 2 nitrogen and oxygen atoms in total. The summed E-state index contributed by atoms with van der Waals surface area (Å²) in [5.41, 5.74) is 0. The van der Waals surface area contributed by atoms with Gasteiger partial charge >= 0.3 is 0 Å². The highest BCUT2D eigenvalue weighted by Gasteiger charge is 2.33. The summed E-state index contributed by atoms with van der Waals surface area (Å²) in [6, 6.07) is 0.625. The summed E-state index contributed by atoms with van der Waals surface area (Å²) < 4.78 is 5.91. The summed E-state index contributed by atoms with van der Waals surface area (Å²) in [6.07, 6.45) is 10.1. The molecule has 2 rings (SSSR count). The molecule has 17 heavy (non-hydrogen) atoms. The number of nitrogens with one attached hydrogen (secondary N) is 1. The maximum absolute atomic E-state index is 5.91. The Morgan fingerprint density at radius 3 is 2.41 bits per heavy atom. The number of hydrogen-bond donors (Lipinski definition) is 1. The number of likely N-dealkylation sites (N-methyl/N-ethyl adjacent to an activating group) is 1. The molecule has 1 aliphatic heterocycles. The second kappa shape index (κ2) is 6.75. The minimum Gasteiger partial charge on any atom is -0.377 e. The van der Waals surface area contributed by atoms with Crippen LogP contribution in [-0.4, -0.2) is 25.3 Å². The van der Waals surface area contributed by atoms with Gasteiger partial charge in [-0.1, -0.05) is 33.1 Å². The average molecular weight is 239 g/mol. The van der Waals surface area contributed by atoms with Crippen LogP contribution in [0.2, 0.25) is 0 Å². The van der Waals surface area contributed by atoms with Gasteiger partial charge in [-0.15, -0.1) is 0 Å². The molecule has 1 saturated heterocycles. The molecule has 1 aliphatic carbocycles. The van der Waals surface area contributed by atoms with E-state index in [1.54, 1.807) is 0 Å². The molecule has 2 fully saturated rings. The first-order valence-corrected chi connectivity index (χ1v) is 7.70. The predicted molar refractivity (Wildman–Crippen MR) is 72.2 cm³/mol. The van der Waals surface area contributed by atoms with Crippen molar-refractivity contribution in [1.29, 1.82) is 0 Å². The van der Waals surface area contributed by atoms with Crippen LogP contribution < -0.4 is 5.32 Å². The van der Waals surface area contributed by atoms with E-state index in [1.165, 1.54) is 44.9 Å². The van der Waals surface area contributed by atoms with Crippen molar-refractivity contribution < 1.29 is 4.74 Å². The SMILES string of the molecule is CCNC(C1CCC(CC)CC1)C1CCCO1. The standard InChI is InChI=1S/C15H29NO/c1-3-12-7-9-13(10-8-12)15(16-4-2)14-6-5-11-17-14/h12-16H,3-11H2,1-2H3. The molecule has 0 amide bonds. The third-order valence-electron chi connectivity index (χ3n) is 4.78. The van der Waals surface area contributed by atoms with Crippen LogP contribution in [0.15, 0.2) is 0 Å². The quantitative estimate of drug-likeness (QED) is 0.794. The molecule has 0 radical (unpaired) electrons. The first-order chi connectivity index (χ1) is 8.35. The molecule has 2 unspecified atom stereocenters. The third kappa shape index (κ3) is 3.45. The molecule has 1 saturated carbocycles. The van der Waals surface area contributed by atoms with Gasteiger partial charge in [0, 0.05) is 12.6 Å². The van der Waals surface area contributed by atoms with Crippen LogP contribution in [-0.2, 0) is 4.74 Å². The van der Waals surface area contributed by atoms with E-state index in [2.05, 4.69) is 19.2 Å². The highest BCUT2D eigenvalue weighted by molar-refractivity contribution is 4.88. The molecule has 1 heterocycles. The van der Waals surface area contributed by atoms with Crippen LogP contribution in [0, 0.1) is 11.8 Å². The van der Waals surface area contributed by atoms with Crippen LogP contribution >= 0.6 is 0 Å². The Hall–Kier alpha value is -0.0800. The van der Waals surface area contributed by atoms with E-state index < -0.39 is 0 Å². The molecular formula is C15H29NO. The molecule has 100 valence electrons. The van der Waals surface area contributed by atoms with Crippen molar-refractivity contribution in [2.24, 2.45) is 11.8 Å². The summed E-state index contributed by atoms with van der Waals surface area (Å²) >= 11 is 0. The van der Waals surface area contributed by atoms with Crippen LogP contribution in [0.5, 0.6) is 0 Å². The first kappa shape index (κ1) is 13.4. The number of hydrogen-bond acceptors (Lipinski definition) is 2. The van der Waals surface area contributed by atoms with Gasteiger partial charge in [-0.3, -0.25) is 0 Å². The molecule has 0 aromatic rings. The van der Waals surface area contributed by atoms with Crippen LogP contribution in [0.1, 0.15) is 58.8 Å². The van der Waals surface area contributed by atoms with E-state index in [0.717, 1.165) is 25.0 Å². The van der Waals surface area contributed by atoms with Gasteiger partial charge in [-0.05, 0) is 44.1 Å². The van der Waals surface area contributed by atoms with Gasteiger partial charge in [-0.2, -0.15) is 0 Å². The molecule has 1 N–H and O–H groups in total. The minimum absolute atomic E-state index is 0.498. The Kier molecular flexibility index (Phi) is 5.30. The fourth-order valence-electron chi connectivity index (χ4n) is 3.68. The second-order valence-electron chi connectivity index (χ2n) is 5.82. The maximum atomic E-state index is 5.91. The van der Waals surface area contributed by atoms with Gasteiger partial charge in [-0.25, -0.2) is 0 Å². The van der Waals surface area contributed by atoms with Crippen LogP contribution in [0.4, 0.5) is 0 Å². The zero-order valence-electron chi connectivity index (χ0n) is 11.6. The highest BCUT2D eigenvalue weighted by atomic mass is 16.5. The van der Waals surface area contributed by atoms with E-state index in [-0.39, 0.29) is 0 Å². The molecule has 0 bridgehead atoms. The highest BCUT2D eigenvalue weighted by Crippen LogP contribution is 2.35. The van der Waals surface area contributed by atoms with Gasteiger partial charge in [0.25, 0.3) is 0 Å². The number of ether oxygens (including phenoxy) is 1. The summed E-state index contributed by atoms with van der Waals surface area (Å²) in [5.74, 6) is 1.86. The molecule has 0 aromatic heterocycles. The van der Waals surface area contributed by atoms with Crippen molar-refractivity contribution in [3.05, 3.63) is 0 Å². The average Bonchev–Trinajstić information content (AvgIpc) is 2.90. The van der Waals surface area contributed by atoms with Crippen LogP contribution in [0.25, 0.3) is 0 Å². The Morgan fingerprint density at radius 2 is 1.88 bits per heavy atom. The Labute approximate surface area is 107 Å². The predicted octanol–water partition coefficient (Wildman–Crippen LogP) is 3.36. The largest absolute Gasteiger partial charge is 0.377 e. The summed E-state index contributed by atoms with van der Waals surface area (Å²) in [7, 11) is 0. The fraction of sp³-hybridized carbons (Fsp3) is 1.00. The number of rotatable bonds is 5. The molecule has 2 heteroatoms. The lowest BCUT2D eigenvalue weighted by Gasteiger charge is -2.36. The van der Waals surface area contributed by atoms with Crippen molar-refractivity contribution in [2.75, 3.05) is 13.2 Å². The van der Waals surface area contributed by atoms with Gasteiger partial charge in [0.15, 0.2) is 0 Å². The van der Waals surface area contributed by atoms with Crippen molar-refractivity contribution >= 4 is 0 Å². The molecule has 0 spiro atoms. The van der Waals surface area contributed by atoms with Crippen molar-refractivity contribution in [3.63, 3.8) is 0 Å². The van der Waals surface area contributed by atoms with Crippen molar-refractivity contribution in [1.82, 2.24) is 5.32 Å². The summed E-state index contributed by atoms with van der Waals surface area (Å²) in [5, 5.41) is 3.70. The summed E-state index contributed by atoms with van der Waals surface area (Å²) in [6.45, 7) is 6.63. The Morgan fingerprint density at radius 1 is 1.12 bits per heavy atom. The lowest BCUT2D eigenvalue weighted by molar-refractivity contribution is 0.0459. The first-order valence-electron chi connectivity index (χ1n) is 7.70. The minimum atomic E-state index is 0.498. The van der Waals surface area contributed by atoms with E-state index in [4.69, 9.17) is 4.74 Å². The van der Waals surface area contributed by atoms with Crippen LogP contribution in [0.3, 0.4) is 0 Å².